The summed E-state index contributed by atoms with van der Waals surface area (Å²) in [5.74, 6) is -1.23. The predicted molar refractivity (Wildman–Crippen MR) is 274 cm³/mol. The number of amides is 5. The molecule has 5 atom stereocenters. The van der Waals surface area contributed by atoms with E-state index in [1.165, 1.54) is 23.3 Å². The highest BCUT2D eigenvalue weighted by atomic mass is 35.5. The fourth-order valence-corrected chi connectivity index (χ4v) is 9.19. The van der Waals surface area contributed by atoms with Gasteiger partial charge < -0.3 is 39.4 Å². The second-order valence-electron chi connectivity index (χ2n) is 18.7. The summed E-state index contributed by atoms with van der Waals surface area (Å²) in [7, 11) is 6.68. The lowest BCUT2D eigenvalue weighted by molar-refractivity contribution is -0.147. The largest absolute Gasteiger partial charge is 0.457 e. The van der Waals surface area contributed by atoms with E-state index in [1.807, 2.05) is 86.9 Å². The van der Waals surface area contributed by atoms with Gasteiger partial charge in [-0.15, -0.1) is 0 Å². The minimum atomic E-state index is -1.19. The Morgan fingerprint density at radius 1 is 0.761 bits per heavy atom. The smallest absolute Gasteiger partial charge is 0.247 e. The Morgan fingerprint density at radius 2 is 1.45 bits per heavy atom. The van der Waals surface area contributed by atoms with E-state index in [0.29, 0.717) is 33.5 Å². The number of likely N-dealkylation sites (tertiary alicyclic amines) is 1. The summed E-state index contributed by atoms with van der Waals surface area (Å²) in [6, 6.07) is 25.8. The highest BCUT2D eigenvalue weighted by Crippen LogP contribution is 2.33. The van der Waals surface area contributed by atoms with Gasteiger partial charge >= 0.3 is 0 Å². The van der Waals surface area contributed by atoms with Crippen molar-refractivity contribution in [2.24, 2.45) is 13.0 Å². The van der Waals surface area contributed by atoms with Crippen LogP contribution in [0.3, 0.4) is 0 Å². The van der Waals surface area contributed by atoms with Crippen LogP contribution < -0.4 is 15.4 Å². The second-order valence-corrected chi connectivity index (χ2v) is 19.5. The molecule has 71 heavy (non-hydrogen) atoms. The van der Waals surface area contributed by atoms with Gasteiger partial charge in [-0.1, -0.05) is 71.7 Å². The quantitative estimate of drug-likeness (QED) is 0.128. The maximum atomic E-state index is 15.1. The third-order valence-electron chi connectivity index (χ3n) is 13.7. The monoisotopic (exact) mass is 1010 g/mol. The van der Waals surface area contributed by atoms with Crippen molar-refractivity contribution in [2.75, 3.05) is 47.4 Å². The number of benzene rings is 4. The normalized spacial score (nSPS) is 21.3. The number of methoxy groups -OCH3 is 1. The van der Waals surface area contributed by atoms with E-state index in [1.54, 1.807) is 56.3 Å². The fourth-order valence-electron chi connectivity index (χ4n) is 8.90. The van der Waals surface area contributed by atoms with Crippen LogP contribution >= 0.6 is 23.2 Å². The molecule has 5 amide bonds. The first-order chi connectivity index (χ1) is 34.1. The zero-order valence-electron chi connectivity index (χ0n) is 41.3. The lowest BCUT2D eigenvalue weighted by Gasteiger charge is -2.35. The van der Waals surface area contributed by atoms with Crippen LogP contribution in [0.25, 0.3) is 11.3 Å². The zero-order chi connectivity index (χ0) is 50.8. The van der Waals surface area contributed by atoms with E-state index < -0.39 is 47.8 Å². The summed E-state index contributed by atoms with van der Waals surface area (Å²) < 4.78 is 14.1. The number of ether oxygens (including phenoxy) is 2. The van der Waals surface area contributed by atoms with Crippen LogP contribution in [0.1, 0.15) is 55.6 Å². The van der Waals surface area contributed by atoms with Crippen LogP contribution in [0, 0.1) is 5.92 Å². The van der Waals surface area contributed by atoms with Crippen molar-refractivity contribution in [1.82, 2.24) is 39.8 Å². The minimum absolute atomic E-state index is 0.0714. The van der Waals surface area contributed by atoms with Gasteiger partial charge in [-0.05, 0) is 106 Å². The Balaban J connectivity index is 1.21. The number of carbonyl (C=O) groups excluding carboxylic acids is 5. The maximum Gasteiger partial charge on any atom is 0.247 e. The first-order valence-corrected chi connectivity index (χ1v) is 24.8. The molecule has 2 fully saturated rings. The molecule has 2 aliphatic rings. The second kappa shape index (κ2) is 24.2. The van der Waals surface area contributed by atoms with Gasteiger partial charge in [-0.3, -0.25) is 28.9 Å². The average Bonchev–Trinajstić information content (AvgIpc) is 3.72. The molecule has 1 aromatic heterocycles. The molecule has 376 valence electrons. The van der Waals surface area contributed by atoms with Crippen molar-refractivity contribution in [3.05, 3.63) is 136 Å². The summed E-state index contributed by atoms with van der Waals surface area (Å²) in [4.78, 5) is 83.9. The Hall–Kier alpha value is -6.26. The predicted octanol–water partition coefficient (Wildman–Crippen LogP) is 6.93. The molecule has 0 aliphatic carbocycles. The molecule has 3 heterocycles. The first kappa shape index (κ1) is 52.6. The van der Waals surface area contributed by atoms with E-state index >= 15 is 4.79 Å². The molecule has 2 aliphatic heterocycles. The highest BCUT2D eigenvalue weighted by molar-refractivity contribution is 6.31. The molecule has 0 spiro atoms. The van der Waals surface area contributed by atoms with E-state index in [9.17, 15) is 19.2 Å². The van der Waals surface area contributed by atoms with E-state index in [-0.39, 0.29) is 50.8 Å². The topological polar surface area (TPSA) is 159 Å². The summed E-state index contributed by atoms with van der Waals surface area (Å²) in [5.41, 5.74) is 4.15. The molecule has 7 rings (SSSR count). The maximum absolute atomic E-state index is 15.1. The number of imidazole rings is 1. The summed E-state index contributed by atoms with van der Waals surface area (Å²) in [6.07, 6.45) is 3.28. The molecule has 0 bridgehead atoms. The first-order valence-electron chi connectivity index (χ1n) is 24.0. The Labute approximate surface area is 426 Å². The standard InChI is InChI=1S/C54H64Cl2N8O7/c1-35-30-58-50(65)29-44(26-38-13-18-42(55)19-14-38)61(4)54(69)46(34-70-6)59-52(67)36(2)64(51(66)27-41(53(68)60(35)3)25-37-11-8-7-9-12-37)32-40-15-20-43(56)28-48(40)71-45-21-16-39(17-22-45)47-31-57-49(62(47)5)33-63-23-10-24-63/h7-9,11-22,28,31,35-36,41,44,46H,10,23-27,29-30,32-34H2,1-6H3,(H,58,65)(H,59,67)/t35-,36-,41+,44-,46-/m0/s1. The summed E-state index contributed by atoms with van der Waals surface area (Å²) in [5, 5.41) is 6.76. The fraction of sp³-hybridized carbons (Fsp3) is 0.407. The number of halogens is 2. The zero-order valence-corrected chi connectivity index (χ0v) is 42.8. The van der Waals surface area contributed by atoms with Crippen LogP contribution in [-0.2, 0) is 61.7 Å². The molecular formula is C54H64Cl2N8O7. The minimum Gasteiger partial charge on any atom is -0.457 e. The Bertz CT molecular complexity index is 2640. The molecule has 4 aromatic carbocycles. The van der Waals surface area contributed by atoms with Gasteiger partial charge in [0.15, 0.2) is 0 Å². The molecular weight excluding hydrogens is 944 g/mol. The van der Waals surface area contributed by atoms with Gasteiger partial charge in [0, 0.05) is 80.9 Å². The van der Waals surface area contributed by atoms with Gasteiger partial charge in [-0.2, -0.15) is 0 Å². The van der Waals surface area contributed by atoms with E-state index in [2.05, 4.69) is 25.1 Å². The van der Waals surface area contributed by atoms with Gasteiger partial charge in [0.2, 0.25) is 29.5 Å². The van der Waals surface area contributed by atoms with E-state index in [4.69, 9.17) is 32.7 Å². The average molecular weight is 1010 g/mol. The SMILES string of the molecule is COC[C@@H]1NC(=O)[C@H](C)N(Cc2ccc(Cl)cc2Oc2ccc(-c3cnc(CN4CCC4)n3C)cc2)C(=O)C[C@@H](Cc2ccccc2)C(=O)N(C)[C@@H](C)CNC(=O)C[C@H](Cc2ccc(Cl)cc2)N(C)C1=O. The molecule has 0 radical (unpaired) electrons. The molecule has 17 heteroatoms. The number of carbonyl (C=O) groups is 5. The number of nitrogens with one attached hydrogen (secondary N) is 2. The van der Waals surface area contributed by atoms with Crippen molar-refractivity contribution < 1.29 is 33.4 Å². The van der Waals surface area contributed by atoms with Crippen molar-refractivity contribution >= 4 is 52.7 Å². The van der Waals surface area contributed by atoms with E-state index in [0.717, 1.165) is 47.8 Å². The number of hydrogen-bond donors (Lipinski definition) is 2. The molecule has 2 saturated heterocycles. The third kappa shape index (κ3) is 13.6. The van der Waals surface area contributed by atoms with Crippen LogP contribution in [0.2, 0.25) is 10.0 Å². The number of aromatic nitrogens is 2. The van der Waals surface area contributed by atoms with Gasteiger partial charge in [-0.25, -0.2) is 4.98 Å². The summed E-state index contributed by atoms with van der Waals surface area (Å²) >= 11 is 12.8. The number of hydrogen-bond acceptors (Lipinski definition) is 9. The van der Waals surface area contributed by atoms with Crippen molar-refractivity contribution in [2.45, 2.75) is 83.2 Å². The van der Waals surface area contributed by atoms with Crippen molar-refractivity contribution in [1.29, 1.82) is 0 Å². The van der Waals surface area contributed by atoms with Crippen LogP contribution in [-0.4, -0.2) is 130 Å². The number of likely N-dealkylation sites (N-methyl/N-ethyl adjacent to an activating group) is 2. The van der Waals surface area contributed by atoms with Crippen molar-refractivity contribution in [3.63, 3.8) is 0 Å². The van der Waals surface area contributed by atoms with Gasteiger partial charge in [0.25, 0.3) is 0 Å². The molecule has 0 unspecified atom stereocenters. The van der Waals surface area contributed by atoms with Crippen molar-refractivity contribution in [3.8, 4) is 22.8 Å². The number of nitrogens with zero attached hydrogens (tertiary/aromatic N) is 6. The third-order valence-corrected chi connectivity index (χ3v) is 14.1. The Kier molecular flexibility index (Phi) is 17.9. The van der Waals surface area contributed by atoms with Crippen LogP contribution in [0.5, 0.6) is 11.5 Å². The lowest BCUT2D eigenvalue weighted by Crippen LogP contribution is -2.57. The molecule has 5 aromatic rings. The lowest BCUT2D eigenvalue weighted by atomic mass is 9.93. The molecule has 0 saturated carbocycles. The summed E-state index contributed by atoms with van der Waals surface area (Å²) in [6.45, 7) is 6.17. The van der Waals surface area contributed by atoms with Crippen LogP contribution in [0.4, 0.5) is 0 Å². The Morgan fingerprint density at radius 3 is 2.13 bits per heavy atom. The molecule has 15 nitrogen and oxygen atoms in total. The van der Waals surface area contributed by atoms with Crippen LogP contribution in [0.15, 0.2) is 103 Å². The highest BCUT2D eigenvalue weighted by Gasteiger charge is 2.36. The molecule has 2 N–H and O–H groups in total. The van der Waals surface area contributed by atoms with Gasteiger partial charge in [0.05, 0.1) is 37.5 Å². The van der Waals surface area contributed by atoms with Gasteiger partial charge in [0.1, 0.15) is 29.4 Å². The number of rotatable bonds is 13.